The van der Waals surface area contributed by atoms with Crippen LogP contribution < -0.4 is 10.5 Å². The first-order valence-corrected chi connectivity index (χ1v) is 5.86. The van der Waals surface area contributed by atoms with Crippen LogP contribution in [0.3, 0.4) is 0 Å². The van der Waals surface area contributed by atoms with Crippen LogP contribution in [0.2, 0.25) is 0 Å². The molecule has 0 aromatic heterocycles. The summed E-state index contributed by atoms with van der Waals surface area (Å²) in [6, 6.07) is 2.78. The number of nitrogen functional groups attached to an aromatic ring is 1. The number of aliphatic hydroxyl groups excluding tert-OH is 1. The topological polar surface area (TPSA) is 116 Å². The summed E-state index contributed by atoms with van der Waals surface area (Å²) in [6.07, 6.45) is 0.380. The van der Waals surface area contributed by atoms with Crippen molar-refractivity contribution in [2.75, 3.05) is 18.9 Å². The highest BCUT2D eigenvalue weighted by atomic mass is 16.6. The Morgan fingerprint density at radius 3 is 2.74 bits per heavy atom. The Bertz CT molecular complexity index is 487. The van der Waals surface area contributed by atoms with Gasteiger partial charge in [0.15, 0.2) is 11.5 Å². The highest BCUT2D eigenvalue weighted by molar-refractivity contribution is 6.03. The molecular weight excluding hydrogens is 252 g/mol. The third kappa shape index (κ3) is 3.41. The Balaban J connectivity index is 3.19. The molecule has 1 aromatic carbocycles. The Labute approximate surface area is 110 Å². The Hall–Kier alpha value is -2.15. The first kappa shape index (κ1) is 14.9. The number of anilines is 1. The maximum absolute atomic E-state index is 11.8. The van der Waals surface area contributed by atoms with E-state index < -0.39 is 10.6 Å². The van der Waals surface area contributed by atoms with E-state index in [-0.39, 0.29) is 42.4 Å². The average molecular weight is 268 g/mol. The molecule has 0 unspecified atom stereocenters. The second-order valence-electron chi connectivity index (χ2n) is 3.81. The zero-order valence-electron chi connectivity index (χ0n) is 10.6. The minimum Gasteiger partial charge on any atom is -0.487 e. The number of hydrogen-bond donors (Lipinski definition) is 2. The molecule has 0 fully saturated rings. The van der Waals surface area contributed by atoms with Gasteiger partial charge < -0.3 is 15.6 Å². The first-order chi connectivity index (χ1) is 9.02. The molecule has 7 heteroatoms. The van der Waals surface area contributed by atoms with Crippen molar-refractivity contribution in [2.24, 2.45) is 0 Å². The van der Waals surface area contributed by atoms with Crippen LogP contribution in [-0.2, 0) is 0 Å². The number of carbonyl (C=O) groups excluding carboxylic acids is 1. The lowest BCUT2D eigenvalue weighted by Crippen LogP contribution is -2.09. The third-order valence-electron chi connectivity index (χ3n) is 2.52. The lowest BCUT2D eigenvalue weighted by molar-refractivity contribution is -0.384. The summed E-state index contributed by atoms with van der Waals surface area (Å²) in [5.74, 6) is -0.290. The molecule has 19 heavy (non-hydrogen) atoms. The number of Topliss-reactive ketones (excluding diaryl/α,β-unsaturated/α-hetero) is 1. The second kappa shape index (κ2) is 6.69. The number of nitro benzene ring substituents is 1. The summed E-state index contributed by atoms with van der Waals surface area (Å²) in [7, 11) is 0. The van der Waals surface area contributed by atoms with Gasteiger partial charge in [-0.1, -0.05) is 0 Å². The normalized spacial score (nSPS) is 10.2. The van der Waals surface area contributed by atoms with Gasteiger partial charge in [0.1, 0.15) is 5.69 Å². The van der Waals surface area contributed by atoms with E-state index >= 15 is 0 Å². The van der Waals surface area contributed by atoms with Crippen LogP contribution in [0, 0.1) is 10.1 Å². The van der Waals surface area contributed by atoms with Crippen LogP contribution in [0.25, 0.3) is 0 Å². The molecule has 1 rings (SSSR count). The van der Waals surface area contributed by atoms with Crippen molar-refractivity contribution < 1.29 is 19.6 Å². The van der Waals surface area contributed by atoms with Gasteiger partial charge in [0.05, 0.1) is 11.5 Å². The molecule has 0 amide bonds. The molecule has 104 valence electrons. The Morgan fingerprint density at radius 1 is 1.53 bits per heavy atom. The highest BCUT2D eigenvalue weighted by Crippen LogP contribution is 2.36. The van der Waals surface area contributed by atoms with Gasteiger partial charge in [0.2, 0.25) is 0 Å². The number of nitrogens with two attached hydrogens (primary N) is 1. The average Bonchev–Trinajstić information content (AvgIpc) is 2.36. The molecular formula is C12H16N2O5. The number of nitro groups is 1. The third-order valence-corrected chi connectivity index (χ3v) is 2.52. The van der Waals surface area contributed by atoms with Gasteiger partial charge in [0, 0.05) is 18.6 Å². The summed E-state index contributed by atoms with van der Waals surface area (Å²) in [4.78, 5) is 22.2. The van der Waals surface area contributed by atoms with Gasteiger partial charge in [-0.25, -0.2) is 0 Å². The van der Waals surface area contributed by atoms with Crippen LogP contribution in [0.1, 0.15) is 30.1 Å². The number of rotatable bonds is 7. The summed E-state index contributed by atoms with van der Waals surface area (Å²) in [5.41, 5.74) is 5.18. The maximum atomic E-state index is 11.8. The molecule has 7 nitrogen and oxygen atoms in total. The van der Waals surface area contributed by atoms with Crippen molar-refractivity contribution in [2.45, 2.75) is 19.8 Å². The smallest absolute Gasteiger partial charge is 0.334 e. The van der Waals surface area contributed by atoms with Crippen molar-refractivity contribution in [1.82, 2.24) is 0 Å². The minimum atomic E-state index is -0.664. The molecule has 0 bridgehead atoms. The van der Waals surface area contributed by atoms with E-state index in [1.54, 1.807) is 6.92 Å². The van der Waals surface area contributed by atoms with Crippen LogP contribution in [0.4, 0.5) is 11.4 Å². The SMILES string of the molecule is CCOc1ccc(C(=O)CCCO)c(N)c1[N+](=O)[O-]. The van der Waals surface area contributed by atoms with E-state index in [0.29, 0.717) is 6.42 Å². The van der Waals surface area contributed by atoms with Crippen molar-refractivity contribution in [3.63, 3.8) is 0 Å². The fraction of sp³-hybridized carbons (Fsp3) is 0.417. The lowest BCUT2D eigenvalue weighted by atomic mass is 10.0. The minimum absolute atomic E-state index is 0.0451. The Kier molecular flexibility index (Phi) is 5.25. The van der Waals surface area contributed by atoms with E-state index in [2.05, 4.69) is 0 Å². The van der Waals surface area contributed by atoms with Crippen LogP contribution in [0.15, 0.2) is 12.1 Å². The summed E-state index contributed by atoms with van der Waals surface area (Å²) >= 11 is 0. The van der Waals surface area contributed by atoms with E-state index in [9.17, 15) is 14.9 Å². The van der Waals surface area contributed by atoms with Gasteiger partial charge in [-0.05, 0) is 25.5 Å². The molecule has 0 spiro atoms. The first-order valence-electron chi connectivity index (χ1n) is 5.86. The van der Waals surface area contributed by atoms with E-state index in [0.717, 1.165) is 0 Å². The quantitative estimate of drug-likeness (QED) is 0.335. The summed E-state index contributed by atoms with van der Waals surface area (Å²) in [5, 5.41) is 19.7. The van der Waals surface area contributed by atoms with Crippen molar-refractivity contribution in [1.29, 1.82) is 0 Å². The van der Waals surface area contributed by atoms with Crippen molar-refractivity contribution in [3.8, 4) is 5.75 Å². The summed E-state index contributed by atoms with van der Waals surface area (Å²) in [6.45, 7) is 1.84. The number of hydrogen-bond acceptors (Lipinski definition) is 6. The van der Waals surface area contributed by atoms with Crippen molar-refractivity contribution >= 4 is 17.2 Å². The van der Waals surface area contributed by atoms with Crippen molar-refractivity contribution in [3.05, 3.63) is 27.8 Å². The molecule has 0 heterocycles. The molecule has 0 saturated carbocycles. The zero-order chi connectivity index (χ0) is 14.4. The molecule has 0 aliphatic rings. The number of benzene rings is 1. The largest absolute Gasteiger partial charge is 0.487 e. The Morgan fingerprint density at radius 2 is 2.21 bits per heavy atom. The molecule has 0 aliphatic carbocycles. The fourth-order valence-electron chi connectivity index (χ4n) is 1.67. The van der Waals surface area contributed by atoms with Crippen LogP contribution >= 0.6 is 0 Å². The number of ether oxygens (including phenoxy) is 1. The van der Waals surface area contributed by atoms with Gasteiger partial charge in [-0.2, -0.15) is 0 Å². The van der Waals surface area contributed by atoms with E-state index in [1.165, 1.54) is 12.1 Å². The van der Waals surface area contributed by atoms with Gasteiger partial charge in [-0.3, -0.25) is 14.9 Å². The molecule has 0 saturated heterocycles. The molecule has 3 N–H and O–H groups in total. The molecule has 0 radical (unpaired) electrons. The molecule has 0 aliphatic heterocycles. The number of ketones is 1. The standard InChI is InChI=1S/C12H16N2O5/c1-2-19-10-6-5-8(9(16)4-3-7-15)11(13)12(10)14(17)18/h5-6,15H,2-4,7,13H2,1H3. The maximum Gasteiger partial charge on any atom is 0.334 e. The zero-order valence-corrected chi connectivity index (χ0v) is 10.6. The van der Waals surface area contributed by atoms with Gasteiger partial charge >= 0.3 is 5.69 Å². The number of carbonyl (C=O) groups is 1. The second-order valence-corrected chi connectivity index (χ2v) is 3.81. The lowest BCUT2D eigenvalue weighted by Gasteiger charge is -2.09. The fourth-order valence-corrected chi connectivity index (χ4v) is 1.67. The van der Waals surface area contributed by atoms with E-state index in [4.69, 9.17) is 15.6 Å². The number of nitrogens with zero attached hydrogens (tertiary/aromatic N) is 1. The predicted octanol–water partition coefficient (Wildman–Crippen LogP) is 1.53. The van der Waals surface area contributed by atoms with Gasteiger partial charge in [-0.15, -0.1) is 0 Å². The monoisotopic (exact) mass is 268 g/mol. The molecule has 1 aromatic rings. The van der Waals surface area contributed by atoms with Crippen LogP contribution in [-0.4, -0.2) is 29.0 Å². The molecule has 0 atom stereocenters. The number of aliphatic hydroxyl groups is 1. The van der Waals surface area contributed by atoms with Crippen LogP contribution in [0.5, 0.6) is 5.75 Å². The van der Waals surface area contributed by atoms with Gasteiger partial charge in [0.25, 0.3) is 0 Å². The van der Waals surface area contributed by atoms with E-state index in [1.807, 2.05) is 0 Å². The summed E-state index contributed by atoms with van der Waals surface area (Å²) < 4.78 is 5.12. The predicted molar refractivity (Wildman–Crippen MR) is 69.3 cm³/mol. The highest BCUT2D eigenvalue weighted by Gasteiger charge is 2.24.